The lowest BCUT2D eigenvalue weighted by Crippen LogP contribution is -2.37. The van der Waals surface area contributed by atoms with Crippen LogP contribution in [0.3, 0.4) is 0 Å². The lowest BCUT2D eigenvalue weighted by atomic mass is 9.93. The predicted molar refractivity (Wildman–Crippen MR) is 92.1 cm³/mol. The lowest BCUT2D eigenvalue weighted by Gasteiger charge is -2.26. The summed E-state index contributed by atoms with van der Waals surface area (Å²) in [5.74, 6) is 0.551. The molecule has 2 unspecified atom stereocenters. The van der Waals surface area contributed by atoms with Crippen molar-refractivity contribution in [2.45, 2.75) is 50.6 Å². The first-order valence-electron chi connectivity index (χ1n) is 8.26. The number of nitrogens with one attached hydrogen (secondary N) is 2. The average Bonchev–Trinajstić information content (AvgIpc) is 2.91. The van der Waals surface area contributed by atoms with Crippen molar-refractivity contribution < 1.29 is 4.79 Å². The third-order valence-corrected chi connectivity index (χ3v) is 5.83. The molecule has 0 saturated heterocycles. The van der Waals surface area contributed by atoms with Gasteiger partial charge >= 0.3 is 0 Å². The summed E-state index contributed by atoms with van der Waals surface area (Å²) in [6, 6.07) is 3.41. The zero-order valence-corrected chi connectivity index (χ0v) is 14.3. The summed E-state index contributed by atoms with van der Waals surface area (Å²) in [6.45, 7) is 1.90. The van der Waals surface area contributed by atoms with E-state index in [0.29, 0.717) is 12.0 Å². The van der Waals surface area contributed by atoms with E-state index in [1.807, 2.05) is 20.2 Å². The number of amides is 1. The molecule has 2 atom stereocenters. The lowest BCUT2D eigenvalue weighted by molar-refractivity contribution is 0.103. The van der Waals surface area contributed by atoms with Crippen molar-refractivity contribution in [1.82, 2.24) is 15.1 Å². The van der Waals surface area contributed by atoms with Gasteiger partial charge in [-0.25, -0.2) is 0 Å². The number of aryl methyl sites for hydroxylation is 2. The highest BCUT2D eigenvalue weighted by molar-refractivity contribution is 7.12. The van der Waals surface area contributed by atoms with Crippen molar-refractivity contribution in [3.8, 4) is 0 Å². The molecule has 2 aromatic rings. The molecule has 2 aliphatic carbocycles. The summed E-state index contributed by atoms with van der Waals surface area (Å²) in [5, 5.41) is 13.1. The number of nitrogens with zero attached hydrogens (tertiary/aromatic N) is 2. The number of hydrogen-bond donors (Lipinski definition) is 2. The molecule has 0 aliphatic heterocycles. The summed E-state index contributed by atoms with van der Waals surface area (Å²) in [6.07, 6.45) is 7.05. The number of hydrogen-bond acceptors (Lipinski definition) is 4. The Hall–Kier alpha value is -1.66. The fraction of sp³-hybridized carbons (Fsp3) is 0.529. The van der Waals surface area contributed by atoms with E-state index in [9.17, 15) is 4.79 Å². The van der Waals surface area contributed by atoms with Gasteiger partial charge in [0.25, 0.3) is 5.91 Å². The second kappa shape index (κ2) is 5.76. The van der Waals surface area contributed by atoms with Crippen LogP contribution in [0.25, 0.3) is 0 Å². The number of anilines is 1. The highest BCUT2D eigenvalue weighted by Crippen LogP contribution is 2.43. The van der Waals surface area contributed by atoms with Crippen molar-refractivity contribution in [1.29, 1.82) is 0 Å². The number of aromatic nitrogens is 2. The Balaban J connectivity index is 1.38. The quantitative estimate of drug-likeness (QED) is 0.886. The highest BCUT2D eigenvalue weighted by Gasteiger charge is 2.40. The first-order chi connectivity index (χ1) is 11.1. The Morgan fingerprint density at radius 2 is 2.26 bits per heavy atom. The molecule has 2 heterocycles. The Morgan fingerprint density at radius 1 is 1.43 bits per heavy atom. The van der Waals surface area contributed by atoms with Crippen LogP contribution in [-0.2, 0) is 7.05 Å². The molecule has 0 bridgehead atoms. The van der Waals surface area contributed by atoms with E-state index in [0.717, 1.165) is 22.3 Å². The molecule has 2 aliphatic rings. The van der Waals surface area contributed by atoms with Gasteiger partial charge < -0.3 is 10.6 Å². The molecular weight excluding hydrogens is 308 g/mol. The van der Waals surface area contributed by atoms with Crippen molar-refractivity contribution in [3.05, 3.63) is 33.8 Å². The Labute approximate surface area is 140 Å². The molecule has 5 nitrogen and oxygen atoms in total. The smallest absolute Gasteiger partial charge is 0.265 e. The van der Waals surface area contributed by atoms with Crippen molar-refractivity contribution in [3.63, 3.8) is 0 Å². The second-order valence-electron chi connectivity index (χ2n) is 6.74. The standard InChI is InChI=1S/C17H22N4OS/c1-10-15(8-21(2)20-10)19-17(22)16-6-11(9-23-16)13-7-14(13)18-12-4-3-5-12/h6,8-9,12-14,18H,3-5,7H2,1-2H3,(H,19,22). The molecule has 2 N–H and O–H groups in total. The second-order valence-corrected chi connectivity index (χ2v) is 7.65. The summed E-state index contributed by atoms with van der Waals surface area (Å²) in [4.78, 5) is 13.2. The fourth-order valence-electron chi connectivity index (χ4n) is 3.20. The maximum Gasteiger partial charge on any atom is 0.265 e. The van der Waals surface area contributed by atoms with Gasteiger partial charge in [-0.05, 0) is 43.2 Å². The molecular formula is C17H22N4OS. The summed E-state index contributed by atoms with van der Waals surface area (Å²) in [7, 11) is 1.86. The van der Waals surface area contributed by atoms with Gasteiger partial charge in [0, 0.05) is 31.2 Å². The van der Waals surface area contributed by atoms with E-state index in [4.69, 9.17) is 0 Å². The van der Waals surface area contributed by atoms with Crippen LogP contribution in [0, 0.1) is 6.92 Å². The molecule has 0 aromatic carbocycles. The number of carbonyl (C=O) groups excluding carboxylic acids is 1. The zero-order valence-electron chi connectivity index (χ0n) is 13.5. The van der Waals surface area contributed by atoms with Crippen molar-refractivity contribution in [2.75, 3.05) is 5.32 Å². The van der Waals surface area contributed by atoms with Gasteiger partial charge in [-0.3, -0.25) is 9.48 Å². The topological polar surface area (TPSA) is 59.0 Å². The molecule has 1 amide bonds. The molecule has 23 heavy (non-hydrogen) atoms. The van der Waals surface area contributed by atoms with E-state index in [-0.39, 0.29) is 5.91 Å². The molecule has 4 rings (SSSR count). The first kappa shape index (κ1) is 14.9. The fourth-order valence-corrected chi connectivity index (χ4v) is 4.06. The highest BCUT2D eigenvalue weighted by atomic mass is 32.1. The van der Waals surface area contributed by atoms with Crippen LogP contribution < -0.4 is 10.6 Å². The van der Waals surface area contributed by atoms with E-state index < -0.39 is 0 Å². The van der Waals surface area contributed by atoms with E-state index in [1.54, 1.807) is 4.68 Å². The van der Waals surface area contributed by atoms with Crippen LogP contribution in [0.5, 0.6) is 0 Å². The number of thiophene rings is 1. The van der Waals surface area contributed by atoms with Crippen LogP contribution in [0.15, 0.2) is 17.6 Å². The average molecular weight is 330 g/mol. The van der Waals surface area contributed by atoms with Crippen LogP contribution in [0.1, 0.15) is 52.5 Å². The van der Waals surface area contributed by atoms with E-state index in [2.05, 4.69) is 27.2 Å². The Morgan fingerprint density at radius 3 is 2.91 bits per heavy atom. The van der Waals surface area contributed by atoms with Gasteiger partial charge in [0.1, 0.15) is 0 Å². The van der Waals surface area contributed by atoms with Gasteiger partial charge in [-0.2, -0.15) is 5.10 Å². The molecule has 2 saturated carbocycles. The molecule has 6 heteroatoms. The van der Waals surface area contributed by atoms with E-state index >= 15 is 0 Å². The third kappa shape index (κ3) is 3.05. The number of carbonyl (C=O) groups is 1. The summed E-state index contributed by atoms with van der Waals surface area (Å²) < 4.78 is 1.71. The predicted octanol–water partition coefficient (Wildman–Crippen LogP) is 3.04. The monoisotopic (exact) mass is 330 g/mol. The van der Waals surface area contributed by atoms with Gasteiger partial charge in [-0.1, -0.05) is 6.42 Å². The van der Waals surface area contributed by atoms with Gasteiger partial charge in [0.05, 0.1) is 16.3 Å². The Bertz CT molecular complexity index is 731. The minimum absolute atomic E-state index is 0.0403. The maximum absolute atomic E-state index is 12.4. The minimum atomic E-state index is -0.0403. The SMILES string of the molecule is Cc1nn(C)cc1NC(=O)c1cc(C2CC2NC2CCC2)cs1. The van der Waals surface area contributed by atoms with Crippen LogP contribution in [0.2, 0.25) is 0 Å². The molecule has 2 aromatic heterocycles. The van der Waals surface area contributed by atoms with Crippen molar-refractivity contribution in [2.24, 2.45) is 7.05 Å². The number of rotatable bonds is 5. The molecule has 0 spiro atoms. The van der Waals surface area contributed by atoms with E-state index in [1.165, 1.54) is 42.6 Å². The molecule has 0 radical (unpaired) electrons. The minimum Gasteiger partial charge on any atom is -0.318 e. The Kier molecular flexibility index (Phi) is 3.73. The van der Waals surface area contributed by atoms with Crippen molar-refractivity contribution >= 4 is 22.9 Å². The maximum atomic E-state index is 12.4. The first-order valence-corrected chi connectivity index (χ1v) is 9.14. The summed E-state index contributed by atoms with van der Waals surface area (Å²) in [5.41, 5.74) is 2.92. The summed E-state index contributed by atoms with van der Waals surface area (Å²) >= 11 is 1.53. The van der Waals surface area contributed by atoms with Gasteiger partial charge in [-0.15, -0.1) is 11.3 Å². The van der Waals surface area contributed by atoms with Crippen LogP contribution >= 0.6 is 11.3 Å². The normalized spacial score (nSPS) is 23.6. The largest absolute Gasteiger partial charge is 0.318 e. The third-order valence-electron chi connectivity index (χ3n) is 4.88. The molecule has 122 valence electrons. The molecule has 2 fully saturated rings. The van der Waals surface area contributed by atoms with Gasteiger partial charge in [0.15, 0.2) is 0 Å². The van der Waals surface area contributed by atoms with Gasteiger partial charge in [0.2, 0.25) is 0 Å². The van der Waals surface area contributed by atoms with Crippen LogP contribution in [-0.4, -0.2) is 27.8 Å². The van der Waals surface area contributed by atoms with Crippen LogP contribution in [0.4, 0.5) is 5.69 Å². The zero-order chi connectivity index (χ0) is 16.0.